The van der Waals surface area contributed by atoms with Gasteiger partial charge in [-0.05, 0) is 24.3 Å². The van der Waals surface area contributed by atoms with E-state index >= 15 is 0 Å². The monoisotopic (exact) mass is 413 g/mol. The molecule has 1 heterocycles. The first kappa shape index (κ1) is 19.1. The number of nitrogens with one attached hydrogen (secondary N) is 1. The number of rotatable bonds is 4. The standard InChI is InChI=1S/C18H18Cl3N3O2/c19-12-9-13(20)18(14(21)10-12)22-17(26)11-23-5-7-24(8-6-23)15-3-1-2-4-16(15)25/h1-4,9-10,25H,5-8,11H2,(H,22,26). The molecule has 138 valence electrons. The second-order valence-corrected chi connectivity index (χ2v) is 7.30. The highest BCUT2D eigenvalue weighted by molar-refractivity contribution is 6.42. The SMILES string of the molecule is O=C(CN1CCN(c2ccccc2O)CC1)Nc1c(Cl)cc(Cl)cc1Cl. The minimum atomic E-state index is -0.188. The molecule has 2 aromatic rings. The molecule has 0 unspecified atom stereocenters. The number of hydrogen-bond acceptors (Lipinski definition) is 4. The number of carbonyl (C=O) groups is 1. The molecule has 1 amide bonds. The Labute approximate surface area is 167 Å². The number of piperazine rings is 1. The van der Waals surface area contributed by atoms with Gasteiger partial charge in [0.05, 0.1) is 28.0 Å². The normalized spacial score (nSPS) is 15.1. The van der Waals surface area contributed by atoms with Crippen LogP contribution >= 0.6 is 34.8 Å². The van der Waals surface area contributed by atoms with Crippen LogP contribution < -0.4 is 10.2 Å². The summed E-state index contributed by atoms with van der Waals surface area (Å²) >= 11 is 18.1. The van der Waals surface area contributed by atoms with Crippen molar-refractivity contribution in [3.63, 3.8) is 0 Å². The van der Waals surface area contributed by atoms with E-state index < -0.39 is 0 Å². The molecule has 0 bridgehead atoms. The fourth-order valence-corrected chi connectivity index (χ4v) is 3.83. The Morgan fingerprint density at radius 3 is 2.27 bits per heavy atom. The Bertz CT molecular complexity index is 785. The number of amides is 1. The molecular formula is C18H18Cl3N3O2. The van der Waals surface area contributed by atoms with Crippen LogP contribution in [0.5, 0.6) is 5.75 Å². The first-order valence-corrected chi connectivity index (χ1v) is 9.27. The number of carbonyl (C=O) groups excluding carboxylic acids is 1. The second-order valence-electron chi connectivity index (χ2n) is 6.04. The van der Waals surface area contributed by atoms with E-state index in [0.717, 1.165) is 18.8 Å². The van der Waals surface area contributed by atoms with Gasteiger partial charge < -0.3 is 15.3 Å². The van der Waals surface area contributed by atoms with Crippen LogP contribution in [0, 0.1) is 0 Å². The van der Waals surface area contributed by atoms with E-state index in [0.29, 0.717) is 33.8 Å². The third-order valence-electron chi connectivity index (χ3n) is 4.23. The lowest BCUT2D eigenvalue weighted by Gasteiger charge is -2.35. The summed E-state index contributed by atoms with van der Waals surface area (Å²) < 4.78 is 0. The van der Waals surface area contributed by atoms with Crippen molar-refractivity contribution in [3.05, 3.63) is 51.5 Å². The van der Waals surface area contributed by atoms with Crippen LogP contribution in [0.15, 0.2) is 36.4 Å². The van der Waals surface area contributed by atoms with Gasteiger partial charge in [-0.3, -0.25) is 9.69 Å². The van der Waals surface area contributed by atoms with Gasteiger partial charge in [-0.1, -0.05) is 46.9 Å². The van der Waals surface area contributed by atoms with Gasteiger partial charge >= 0.3 is 0 Å². The number of aromatic hydroxyl groups is 1. The first-order valence-electron chi connectivity index (χ1n) is 8.14. The molecule has 0 saturated carbocycles. The Hall–Kier alpha value is -1.66. The van der Waals surface area contributed by atoms with Gasteiger partial charge in [0.2, 0.25) is 5.91 Å². The lowest BCUT2D eigenvalue weighted by molar-refractivity contribution is -0.117. The van der Waals surface area contributed by atoms with Gasteiger partial charge in [0.25, 0.3) is 0 Å². The summed E-state index contributed by atoms with van der Waals surface area (Å²) in [5.41, 5.74) is 1.19. The molecule has 26 heavy (non-hydrogen) atoms. The van der Waals surface area contributed by atoms with Crippen LogP contribution in [-0.4, -0.2) is 48.6 Å². The molecule has 8 heteroatoms. The van der Waals surface area contributed by atoms with E-state index in [1.807, 2.05) is 17.0 Å². The van der Waals surface area contributed by atoms with Crippen LogP contribution in [0.4, 0.5) is 11.4 Å². The van der Waals surface area contributed by atoms with Gasteiger partial charge in [0, 0.05) is 31.2 Å². The molecule has 1 saturated heterocycles. The third-order valence-corrected chi connectivity index (χ3v) is 5.05. The lowest BCUT2D eigenvalue weighted by Crippen LogP contribution is -2.48. The summed E-state index contributed by atoms with van der Waals surface area (Å²) in [4.78, 5) is 16.5. The molecule has 0 radical (unpaired) electrons. The minimum absolute atomic E-state index is 0.188. The van der Waals surface area contributed by atoms with Crippen LogP contribution in [0.1, 0.15) is 0 Å². The van der Waals surface area contributed by atoms with Crippen LogP contribution in [0.25, 0.3) is 0 Å². The van der Waals surface area contributed by atoms with Crippen molar-refractivity contribution in [2.45, 2.75) is 0 Å². The number of anilines is 2. The van der Waals surface area contributed by atoms with Crippen molar-refractivity contribution in [2.24, 2.45) is 0 Å². The van der Waals surface area contributed by atoms with Crippen LogP contribution in [-0.2, 0) is 4.79 Å². The number of phenols is 1. The molecule has 1 aliphatic rings. The largest absolute Gasteiger partial charge is 0.506 e. The maximum absolute atomic E-state index is 12.3. The molecule has 0 aliphatic carbocycles. The Balaban J connectivity index is 1.55. The molecule has 3 rings (SSSR count). The van der Waals surface area contributed by atoms with Gasteiger partial charge in [-0.15, -0.1) is 0 Å². The van der Waals surface area contributed by atoms with Crippen LogP contribution in [0.3, 0.4) is 0 Å². The average molecular weight is 415 g/mol. The maximum Gasteiger partial charge on any atom is 0.238 e. The van der Waals surface area contributed by atoms with Crippen molar-refractivity contribution in [1.82, 2.24) is 4.90 Å². The molecule has 0 spiro atoms. The van der Waals surface area contributed by atoms with Crippen molar-refractivity contribution < 1.29 is 9.90 Å². The zero-order valence-electron chi connectivity index (χ0n) is 13.9. The second kappa shape index (κ2) is 8.35. The van der Waals surface area contributed by atoms with Crippen molar-refractivity contribution >= 4 is 52.1 Å². The zero-order valence-corrected chi connectivity index (χ0v) is 16.2. The summed E-state index contributed by atoms with van der Waals surface area (Å²) in [5, 5.41) is 13.7. The smallest absolute Gasteiger partial charge is 0.238 e. The average Bonchev–Trinajstić information content (AvgIpc) is 2.59. The van der Waals surface area contributed by atoms with Crippen LogP contribution in [0.2, 0.25) is 15.1 Å². The molecule has 2 N–H and O–H groups in total. The molecule has 1 aliphatic heterocycles. The first-order chi connectivity index (χ1) is 12.4. The predicted octanol–water partition coefficient (Wildman–Crippen LogP) is 4.11. The number of para-hydroxylation sites is 2. The lowest BCUT2D eigenvalue weighted by atomic mass is 10.2. The number of phenolic OH excluding ortho intramolecular Hbond substituents is 1. The Morgan fingerprint density at radius 1 is 1.04 bits per heavy atom. The van der Waals surface area contributed by atoms with Gasteiger partial charge in [-0.25, -0.2) is 0 Å². The summed E-state index contributed by atoms with van der Waals surface area (Å²) in [6, 6.07) is 10.3. The van der Waals surface area contributed by atoms with E-state index in [4.69, 9.17) is 34.8 Å². The van der Waals surface area contributed by atoms with Gasteiger partial charge in [0.15, 0.2) is 0 Å². The third kappa shape index (κ3) is 4.54. The van der Waals surface area contributed by atoms with E-state index in [1.165, 1.54) is 12.1 Å². The Morgan fingerprint density at radius 2 is 1.65 bits per heavy atom. The highest BCUT2D eigenvalue weighted by Crippen LogP contribution is 2.33. The van der Waals surface area contributed by atoms with E-state index in [2.05, 4.69) is 10.2 Å². The van der Waals surface area contributed by atoms with E-state index in [1.54, 1.807) is 12.1 Å². The van der Waals surface area contributed by atoms with Gasteiger partial charge in [-0.2, -0.15) is 0 Å². The summed E-state index contributed by atoms with van der Waals surface area (Å²) in [6.07, 6.45) is 0. The fraction of sp³-hybridized carbons (Fsp3) is 0.278. The van der Waals surface area contributed by atoms with E-state index in [-0.39, 0.29) is 18.2 Å². The van der Waals surface area contributed by atoms with Crippen molar-refractivity contribution in [2.75, 3.05) is 42.9 Å². The fourth-order valence-electron chi connectivity index (χ4n) is 2.92. The summed E-state index contributed by atoms with van der Waals surface area (Å²) in [7, 11) is 0. The van der Waals surface area contributed by atoms with Gasteiger partial charge in [0.1, 0.15) is 5.75 Å². The topological polar surface area (TPSA) is 55.8 Å². The molecular weight excluding hydrogens is 397 g/mol. The predicted molar refractivity (Wildman–Crippen MR) is 107 cm³/mol. The summed E-state index contributed by atoms with van der Waals surface area (Å²) in [6.45, 7) is 3.12. The minimum Gasteiger partial charge on any atom is -0.506 e. The number of halogens is 3. The van der Waals surface area contributed by atoms with E-state index in [9.17, 15) is 9.90 Å². The zero-order chi connectivity index (χ0) is 18.7. The Kier molecular flexibility index (Phi) is 6.14. The highest BCUT2D eigenvalue weighted by atomic mass is 35.5. The van der Waals surface area contributed by atoms with Crippen molar-refractivity contribution in [1.29, 1.82) is 0 Å². The van der Waals surface area contributed by atoms with Crippen molar-refractivity contribution in [3.8, 4) is 5.75 Å². The highest BCUT2D eigenvalue weighted by Gasteiger charge is 2.21. The molecule has 5 nitrogen and oxygen atoms in total. The number of nitrogens with zero attached hydrogens (tertiary/aromatic N) is 2. The molecule has 0 aromatic heterocycles. The molecule has 2 aromatic carbocycles. The molecule has 0 atom stereocenters. The number of benzene rings is 2. The summed E-state index contributed by atoms with van der Waals surface area (Å²) in [5.74, 6) is 0.0813. The number of hydrogen-bond donors (Lipinski definition) is 2. The molecule has 1 fully saturated rings. The maximum atomic E-state index is 12.3. The quantitative estimate of drug-likeness (QED) is 0.790.